The van der Waals surface area contributed by atoms with Gasteiger partial charge in [-0.1, -0.05) is 72.8 Å². The summed E-state index contributed by atoms with van der Waals surface area (Å²) in [4.78, 5) is 14.5. The molecule has 0 fully saturated rings. The molecule has 0 aromatic heterocycles. The Morgan fingerprint density at radius 2 is 1.46 bits per heavy atom. The molecule has 0 saturated carbocycles. The summed E-state index contributed by atoms with van der Waals surface area (Å²) in [6, 6.07) is 24.1. The fraction of sp³-hybridized carbons (Fsp3) is 0.208. The molecule has 0 bridgehead atoms. The highest BCUT2D eigenvalue weighted by Crippen LogP contribution is 2.44. The number of aliphatic hydroxyl groups is 1. The molecule has 1 N–H and O–H groups in total. The van der Waals surface area contributed by atoms with Crippen LogP contribution in [0.1, 0.15) is 34.2 Å². The lowest BCUT2D eigenvalue weighted by molar-refractivity contribution is 0.0715. The van der Waals surface area contributed by atoms with Gasteiger partial charge in [0, 0.05) is 5.92 Å². The van der Waals surface area contributed by atoms with Crippen molar-refractivity contribution >= 4 is 6.09 Å². The van der Waals surface area contributed by atoms with Crippen LogP contribution in [0.3, 0.4) is 0 Å². The molecule has 1 aliphatic carbocycles. The molecule has 1 atom stereocenters. The minimum absolute atomic E-state index is 0.0360. The first-order chi connectivity index (χ1) is 13.8. The van der Waals surface area contributed by atoms with E-state index in [1.807, 2.05) is 48.5 Å². The van der Waals surface area contributed by atoms with Crippen molar-refractivity contribution in [1.82, 2.24) is 4.90 Å². The van der Waals surface area contributed by atoms with Crippen molar-refractivity contribution in [2.24, 2.45) is 0 Å². The third-order valence-corrected chi connectivity index (χ3v) is 5.87. The molecule has 0 spiro atoms. The van der Waals surface area contributed by atoms with E-state index in [1.165, 1.54) is 22.3 Å². The molecular weight excluding hydrogens is 350 g/mol. The number of rotatable bonds is 3. The average Bonchev–Trinajstić information content (AvgIpc) is 3.28. The fourth-order valence-electron chi connectivity index (χ4n) is 4.53. The summed E-state index contributed by atoms with van der Waals surface area (Å²) in [5.74, 6) is 0.0360. The number of carbonyl (C=O) groups excluding carboxylic acids is 1. The van der Waals surface area contributed by atoms with Gasteiger partial charge in [0.1, 0.15) is 6.61 Å². The van der Waals surface area contributed by atoms with E-state index in [2.05, 4.69) is 24.3 Å². The van der Waals surface area contributed by atoms with Crippen LogP contribution in [0, 0.1) is 0 Å². The highest BCUT2D eigenvalue weighted by molar-refractivity contribution is 5.79. The summed E-state index contributed by atoms with van der Waals surface area (Å²) < 4.78 is 5.76. The van der Waals surface area contributed by atoms with Gasteiger partial charge in [-0.3, -0.25) is 4.90 Å². The lowest BCUT2D eigenvalue weighted by atomic mass is 9.98. The van der Waals surface area contributed by atoms with E-state index < -0.39 is 0 Å². The van der Waals surface area contributed by atoms with Crippen LogP contribution in [0.25, 0.3) is 11.1 Å². The molecule has 1 aliphatic heterocycles. The SMILES string of the molecule is O=C(OCC1c2ccccc2-c2ccccc21)N1Cc2ccccc2C1CO. The van der Waals surface area contributed by atoms with Crippen LogP contribution in [-0.4, -0.2) is 29.3 Å². The van der Waals surface area contributed by atoms with Crippen LogP contribution < -0.4 is 0 Å². The van der Waals surface area contributed by atoms with Gasteiger partial charge < -0.3 is 9.84 Å². The van der Waals surface area contributed by atoms with Crippen LogP contribution in [-0.2, 0) is 11.3 Å². The Labute approximate surface area is 164 Å². The predicted molar refractivity (Wildman–Crippen MR) is 107 cm³/mol. The molecular formula is C24H21NO3. The van der Waals surface area contributed by atoms with E-state index in [0.717, 1.165) is 11.1 Å². The summed E-state index contributed by atoms with van der Waals surface area (Å²) in [7, 11) is 0. The molecule has 3 aromatic carbocycles. The van der Waals surface area contributed by atoms with E-state index in [9.17, 15) is 9.90 Å². The summed E-state index contributed by atoms with van der Waals surface area (Å²) in [5.41, 5.74) is 6.87. The van der Waals surface area contributed by atoms with Gasteiger partial charge in [0.05, 0.1) is 19.2 Å². The Hall–Kier alpha value is -3.11. The second kappa shape index (κ2) is 6.80. The van der Waals surface area contributed by atoms with Crippen molar-refractivity contribution in [3.05, 3.63) is 95.1 Å². The maximum Gasteiger partial charge on any atom is 0.410 e. The average molecular weight is 371 g/mol. The largest absolute Gasteiger partial charge is 0.448 e. The number of ether oxygens (including phenoxy) is 1. The van der Waals surface area contributed by atoms with Crippen LogP contribution >= 0.6 is 0 Å². The first-order valence-electron chi connectivity index (χ1n) is 9.58. The quantitative estimate of drug-likeness (QED) is 0.738. The maximum atomic E-state index is 12.9. The minimum Gasteiger partial charge on any atom is -0.448 e. The molecule has 4 heteroatoms. The van der Waals surface area contributed by atoms with Crippen molar-refractivity contribution in [1.29, 1.82) is 0 Å². The molecule has 1 unspecified atom stereocenters. The number of carbonyl (C=O) groups is 1. The molecule has 5 rings (SSSR count). The Balaban J connectivity index is 1.37. The number of hydrogen-bond acceptors (Lipinski definition) is 3. The Morgan fingerprint density at radius 3 is 2.11 bits per heavy atom. The number of amides is 1. The molecule has 1 heterocycles. The first-order valence-corrected chi connectivity index (χ1v) is 9.58. The Bertz CT molecular complexity index is 1000. The molecule has 4 nitrogen and oxygen atoms in total. The highest BCUT2D eigenvalue weighted by Gasteiger charge is 2.35. The maximum absolute atomic E-state index is 12.9. The smallest absolute Gasteiger partial charge is 0.410 e. The molecule has 2 aliphatic rings. The van der Waals surface area contributed by atoms with E-state index >= 15 is 0 Å². The molecule has 3 aromatic rings. The van der Waals surface area contributed by atoms with Gasteiger partial charge in [-0.2, -0.15) is 0 Å². The van der Waals surface area contributed by atoms with Gasteiger partial charge in [-0.05, 0) is 33.4 Å². The standard InChI is InChI=1S/C24H21NO3/c26-14-23-17-8-2-1-7-16(17)13-25(23)24(27)28-15-22-20-11-5-3-9-18(20)19-10-4-6-12-21(19)22/h1-12,22-23,26H,13-15H2. The Kier molecular flexibility index (Phi) is 4.14. The van der Waals surface area contributed by atoms with E-state index in [-0.39, 0.29) is 31.3 Å². The lowest BCUT2D eigenvalue weighted by Gasteiger charge is -2.24. The Morgan fingerprint density at radius 1 is 0.893 bits per heavy atom. The van der Waals surface area contributed by atoms with Crippen LogP contribution in [0.4, 0.5) is 4.79 Å². The van der Waals surface area contributed by atoms with Gasteiger partial charge in [-0.25, -0.2) is 4.79 Å². The monoisotopic (exact) mass is 371 g/mol. The second-order valence-corrected chi connectivity index (χ2v) is 7.33. The molecule has 0 radical (unpaired) electrons. The van der Waals surface area contributed by atoms with Crippen molar-refractivity contribution in [3.63, 3.8) is 0 Å². The van der Waals surface area contributed by atoms with Crippen LogP contribution in [0.15, 0.2) is 72.8 Å². The first kappa shape index (κ1) is 17.0. The van der Waals surface area contributed by atoms with Crippen molar-refractivity contribution < 1.29 is 14.6 Å². The zero-order chi connectivity index (χ0) is 19.1. The highest BCUT2D eigenvalue weighted by atomic mass is 16.6. The molecule has 28 heavy (non-hydrogen) atoms. The normalized spacial score (nSPS) is 17.2. The second-order valence-electron chi connectivity index (χ2n) is 7.33. The summed E-state index contributed by atoms with van der Waals surface area (Å²) in [6.07, 6.45) is -0.378. The number of nitrogens with zero attached hydrogens (tertiary/aromatic N) is 1. The van der Waals surface area contributed by atoms with E-state index in [4.69, 9.17) is 4.74 Å². The zero-order valence-electron chi connectivity index (χ0n) is 15.4. The molecule has 0 saturated heterocycles. The van der Waals surface area contributed by atoms with Gasteiger partial charge in [0.2, 0.25) is 0 Å². The van der Waals surface area contributed by atoms with Gasteiger partial charge in [-0.15, -0.1) is 0 Å². The topological polar surface area (TPSA) is 49.8 Å². The van der Waals surface area contributed by atoms with Crippen LogP contribution in [0.5, 0.6) is 0 Å². The van der Waals surface area contributed by atoms with Gasteiger partial charge >= 0.3 is 6.09 Å². The van der Waals surface area contributed by atoms with Gasteiger partial charge in [0.25, 0.3) is 0 Å². The number of fused-ring (bicyclic) bond motifs is 4. The lowest BCUT2D eigenvalue weighted by Crippen LogP contribution is -2.32. The van der Waals surface area contributed by atoms with Crippen molar-refractivity contribution in [3.8, 4) is 11.1 Å². The van der Waals surface area contributed by atoms with Crippen molar-refractivity contribution in [2.75, 3.05) is 13.2 Å². The van der Waals surface area contributed by atoms with E-state index in [1.54, 1.807) is 4.90 Å². The predicted octanol–water partition coefficient (Wildman–Crippen LogP) is 4.48. The third kappa shape index (κ3) is 2.60. The summed E-state index contributed by atoms with van der Waals surface area (Å²) >= 11 is 0. The van der Waals surface area contributed by atoms with E-state index in [0.29, 0.717) is 6.54 Å². The minimum atomic E-state index is -0.378. The third-order valence-electron chi connectivity index (χ3n) is 5.87. The summed E-state index contributed by atoms with van der Waals surface area (Å²) in [5, 5.41) is 9.82. The summed E-state index contributed by atoms with van der Waals surface area (Å²) in [6.45, 7) is 0.650. The van der Waals surface area contributed by atoms with Gasteiger partial charge in [0.15, 0.2) is 0 Å². The molecule has 1 amide bonds. The number of aliphatic hydroxyl groups excluding tert-OH is 1. The van der Waals surface area contributed by atoms with Crippen LogP contribution in [0.2, 0.25) is 0 Å². The molecule has 140 valence electrons. The zero-order valence-corrected chi connectivity index (χ0v) is 15.4. The van der Waals surface area contributed by atoms with Crippen molar-refractivity contribution in [2.45, 2.75) is 18.5 Å². The number of benzene rings is 3. The fourth-order valence-corrected chi connectivity index (χ4v) is 4.53. The number of hydrogen-bond donors (Lipinski definition) is 1.